The fourth-order valence-electron chi connectivity index (χ4n) is 1.88. The van der Waals surface area contributed by atoms with Crippen molar-refractivity contribution in [2.45, 2.75) is 25.9 Å². The van der Waals surface area contributed by atoms with Gasteiger partial charge >= 0.3 is 0 Å². The average Bonchev–Trinajstić information content (AvgIpc) is 2.36. The van der Waals surface area contributed by atoms with E-state index in [1.54, 1.807) is 0 Å². The highest BCUT2D eigenvalue weighted by Gasteiger charge is 2.12. The van der Waals surface area contributed by atoms with E-state index in [1.807, 2.05) is 25.0 Å². The number of hydrogen-bond acceptors (Lipinski definition) is 4. The van der Waals surface area contributed by atoms with Crippen LogP contribution in [0, 0.1) is 0 Å². The Morgan fingerprint density at radius 1 is 1.53 bits per heavy atom. The van der Waals surface area contributed by atoms with Crippen LogP contribution in [0.5, 0.6) is 0 Å². The molecule has 0 aliphatic rings. The molecule has 0 bridgehead atoms. The normalized spacial score (nSPS) is 12.8. The molecule has 1 rings (SSSR count). The molecule has 0 radical (unpaired) electrons. The zero-order chi connectivity index (χ0) is 12.7. The van der Waals surface area contributed by atoms with E-state index in [0.717, 1.165) is 12.4 Å². The topological polar surface area (TPSA) is 28.2 Å². The zero-order valence-corrected chi connectivity index (χ0v) is 12.0. The molecule has 0 aliphatic carbocycles. The molecular weight excluding hydrogens is 230 g/mol. The van der Waals surface area contributed by atoms with E-state index in [2.05, 4.69) is 47.6 Å². The van der Waals surface area contributed by atoms with Crippen molar-refractivity contribution in [1.82, 2.24) is 9.88 Å². The fraction of sp³-hybridized carbons (Fsp3) is 0.615. The molecule has 1 atom stereocenters. The van der Waals surface area contributed by atoms with E-state index in [1.165, 1.54) is 17.7 Å². The second-order valence-corrected chi connectivity index (χ2v) is 5.14. The Balaban J connectivity index is 2.62. The lowest BCUT2D eigenvalue weighted by Gasteiger charge is -2.26. The summed E-state index contributed by atoms with van der Waals surface area (Å²) in [5.74, 6) is 2.13. The van der Waals surface area contributed by atoms with Gasteiger partial charge in [0, 0.05) is 31.6 Å². The van der Waals surface area contributed by atoms with Crippen molar-refractivity contribution in [2.24, 2.45) is 0 Å². The summed E-state index contributed by atoms with van der Waals surface area (Å²) in [6.45, 7) is 3.24. The molecule has 1 heterocycles. The van der Waals surface area contributed by atoms with Crippen molar-refractivity contribution in [3.63, 3.8) is 0 Å². The van der Waals surface area contributed by atoms with Crippen LogP contribution >= 0.6 is 11.8 Å². The molecule has 0 fully saturated rings. The minimum absolute atomic E-state index is 0.649. The van der Waals surface area contributed by atoms with Crippen molar-refractivity contribution in [3.8, 4) is 0 Å². The number of nitrogens with zero attached hydrogens (tertiary/aromatic N) is 2. The van der Waals surface area contributed by atoms with Crippen LogP contribution in [0.25, 0.3) is 0 Å². The highest BCUT2D eigenvalue weighted by molar-refractivity contribution is 7.98. The van der Waals surface area contributed by atoms with E-state index >= 15 is 0 Å². The maximum Gasteiger partial charge on any atom is 0.125 e. The highest BCUT2D eigenvalue weighted by atomic mass is 32.2. The lowest BCUT2D eigenvalue weighted by molar-refractivity contribution is 0.248. The molecule has 1 unspecified atom stereocenters. The third-order valence-electron chi connectivity index (χ3n) is 2.97. The van der Waals surface area contributed by atoms with Gasteiger partial charge in [-0.15, -0.1) is 0 Å². The fourth-order valence-corrected chi connectivity index (χ4v) is 2.75. The Bertz CT molecular complexity index is 330. The quantitative estimate of drug-likeness (QED) is 0.809. The van der Waals surface area contributed by atoms with Crippen LogP contribution in [0.15, 0.2) is 18.3 Å². The van der Waals surface area contributed by atoms with Crippen LogP contribution in [0.1, 0.15) is 18.9 Å². The predicted octanol–water partition coefficient (Wildman–Crippen LogP) is 2.70. The molecule has 0 aromatic carbocycles. The van der Waals surface area contributed by atoms with Crippen LogP contribution in [-0.2, 0) is 6.54 Å². The number of nitrogens with one attached hydrogen (secondary N) is 1. The van der Waals surface area contributed by atoms with E-state index in [0.29, 0.717) is 6.04 Å². The largest absolute Gasteiger partial charge is 0.373 e. The Labute approximate surface area is 109 Å². The van der Waals surface area contributed by atoms with Crippen LogP contribution < -0.4 is 5.32 Å². The van der Waals surface area contributed by atoms with Crippen LogP contribution in [0.4, 0.5) is 5.82 Å². The summed E-state index contributed by atoms with van der Waals surface area (Å²) in [5.41, 5.74) is 1.31. The highest BCUT2D eigenvalue weighted by Crippen LogP contribution is 2.13. The Morgan fingerprint density at radius 2 is 2.29 bits per heavy atom. The summed E-state index contributed by atoms with van der Waals surface area (Å²) < 4.78 is 0. The maximum absolute atomic E-state index is 4.23. The number of thioether (sulfide) groups is 1. The molecule has 0 saturated heterocycles. The van der Waals surface area contributed by atoms with Crippen molar-refractivity contribution in [2.75, 3.05) is 31.4 Å². The molecule has 1 aromatic heterocycles. The second kappa shape index (κ2) is 7.56. The molecular formula is C13H23N3S. The number of pyridine rings is 1. The summed E-state index contributed by atoms with van der Waals surface area (Å²) in [7, 11) is 4.10. The molecule has 0 saturated carbocycles. The lowest BCUT2D eigenvalue weighted by atomic mass is 10.2. The van der Waals surface area contributed by atoms with Crippen molar-refractivity contribution < 1.29 is 0 Å². The maximum atomic E-state index is 4.23. The summed E-state index contributed by atoms with van der Waals surface area (Å²) >= 11 is 1.91. The van der Waals surface area contributed by atoms with Crippen molar-refractivity contribution in [3.05, 3.63) is 23.9 Å². The van der Waals surface area contributed by atoms with Crippen molar-refractivity contribution >= 4 is 17.6 Å². The minimum atomic E-state index is 0.649. The monoisotopic (exact) mass is 253 g/mol. The summed E-state index contributed by atoms with van der Waals surface area (Å²) in [4.78, 5) is 6.65. The van der Waals surface area contributed by atoms with Gasteiger partial charge < -0.3 is 5.32 Å². The molecule has 96 valence electrons. The summed E-state index contributed by atoms with van der Waals surface area (Å²) in [6, 6.07) is 4.85. The molecule has 3 nitrogen and oxygen atoms in total. The lowest BCUT2D eigenvalue weighted by Crippen LogP contribution is -2.32. The Kier molecular flexibility index (Phi) is 6.37. The summed E-state index contributed by atoms with van der Waals surface area (Å²) in [5, 5.41) is 3.08. The number of anilines is 1. The first-order valence-electron chi connectivity index (χ1n) is 6.03. The van der Waals surface area contributed by atoms with E-state index < -0.39 is 0 Å². The standard InChI is InChI=1S/C13H23N3S/c1-5-12(10-17-4)16(3)9-11-6-7-15-13(8-11)14-2/h6-8,12H,5,9-10H2,1-4H3,(H,14,15). The van der Waals surface area contributed by atoms with Gasteiger partial charge in [-0.3, -0.25) is 4.90 Å². The van der Waals surface area contributed by atoms with Gasteiger partial charge in [0.2, 0.25) is 0 Å². The Morgan fingerprint density at radius 3 is 2.88 bits per heavy atom. The van der Waals surface area contributed by atoms with E-state index in [9.17, 15) is 0 Å². The van der Waals surface area contributed by atoms with Gasteiger partial charge in [-0.1, -0.05) is 6.92 Å². The molecule has 17 heavy (non-hydrogen) atoms. The first kappa shape index (κ1) is 14.3. The number of rotatable bonds is 7. The predicted molar refractivity (Wildman–Crippen MR) is 77.7 cm³/mol. The third kappa shape index (κ3) is 4.56. The summed E-state index contributed by atoms with van der Waals surface area (Å²) in [6.07, 6.45) is 5.23. The minimum Gasteiger partial charge on any atom is -0.373 e. The average molecular weight is 253 g/mol. The number of aromatic nitrogens is 1. The van der Waals surface area contributed by atoms with E-state index in [-0.39, 0.29) is 0 Å². The molecule has 0 amide bonds. The molecule has 1 N–H and O–H groups in total. The van der Waals surface area contributed by atoms with Crippen LogP contribution in [0.3, 0.4) is 0 Å². The van der Waals surface area contributed by atoms with Gasteiger partial charge in [0.15, 0.2) is 0 Å². The smallest absolute Gasteiger partial charge is 0.125 e. The van der Waals surface area contributed by atoms with Crippen LogP contribution in [-0.4, -0.2) is 42.0 Å². The second-order valence-electron chi connectivity index (χ2n) is 4.23. The van der Waals surface area contributed by atoms with Gasteiger partial charge in [-0.05, 0) is 37.4 Å². The van der Waals surface area contributed by atoms with E-state index in [4.69, 9.17) is 0 Å². The first-order valence-corrected chi connectivity index (χ1v) is 7.42. The Hall–Kier alpha value is -0.740. The van der Waals surface area contributed by atoms with Crippen LogP contribution in [0.2, 0.25) is 0 Å². The number of hydrogen-bond donors (Lipinski definition) is 1. The first-order chi connectivity index (χ1) is 8.21. The molecule has 0 aliphatic heterocycles. The van der Waals surface area contributed by atoms with Crippen molar-refractivity contribution in [1.29, 1.82) is 0 Å². The molecule has 1 aromatic rings. The molecule has 0 spiro atoms. The van der Waals surface area contributed by atoms with Gasteiger partial charge in [0.1, 0.15) is 5.82 Å². The zero-order valence-electron chi connectivity index (χ0n) is 11.2. The van der Waals surface area contributed by atoms with Gasteiger partial charge in [0.25, 0.3) is 0 Å². The van der Waals surface area contributed by atoms with Gasteiger partial charge in [-0.2, -0.15) is 11.8 Å². The molecule has 4 heteroatoms. The SMILES string of the molecule is CCC(CSC)N(C)Cc1ccnc(NC)c1. The third-order valence-corrected chi connectivity index (χ3v) is 3.68. The van der Waals surface area contributed by atoms with Gasteiger partial charge in [-0.25, -0.2) is 4.98 Å². The van der Waals surface area contributed by atoms with Gasteiger partial charge in [0.05, 0.1) is 0 Å².